The number of rotatable bonds is 5. The number of ether oxygens (including phenoxy) is 1. The van der Waals surface area contributed by atoms with Crippen LogP contribution in [-0.2, 0) is 13.0 Å². The van der Waals surface area contributed by atoms with Gasteiger partial charge in [-0.3, -0.25) is 0 Å². The summed E-state index contributed by atoms with van der Waals surface area (Å²) in [4.78, 5) is 14.1. The Hall–Kier alpha value is -1.69. The predicted octanol–water partition coefficient (Wildman–Crippen LogP) is 2.42. The van der Waals surface area contributed by atoms with Crippen molar-refractivity contribution >= 4 is 17.2 Å². The molecule has 0 radical (unpaired) electrons. The van der Waals surface area contributed by atoms with Gasteiger partial charge in [-0.15, -0.1) is 11.3 Å². The van der Waals surface area contributed by atoms with Gasteiger partial charge in [-0.1, -0.05) is 6.92 Å². The largest absolute Gasteiger partial charge is 0.481 e. The van der Waals surface area contributed by atoms with Crippen LogP contribution in [0.15, 0.2) is 12.3 Å². The summed E-state index contributed by atoms with van der Waals surface area (Å²) in [5.74, 6) is 2.01. The van der Waals surface area contributed by atoms with Gasteiger partial charge in [0.25, 0.3) is 0 Å². The van der Waals surface area contributed by atoms with Crippen LogP contribution in [0, 0.1) is 6.92 Å². The zero-order valence-corrected chi connectivity index (χ0v) is 11.5. The molecule has 0 unspecified atom stereocenters. The minimum atomic E-state index is 0.568. The monoisotopic (exact) mass is 264 g/mol. The van der Waals surface area contributed by atoms with Gasteiger partial charge in [0.1, 0.15) is 16.6 Å². The van der Waals surface area contributed by atoms with Gasteiger partial charge in [-0.25, -0.2) is 9.97 Å². The van der Waals surface area contributed by atoms with E-state index in [1.165, 1.54) is 4.88 Å². The molecule has 5 nitrogen and oxygen atoms in total. The first kappa shape index (κ1) is 12.8. The number of thiazole rings is 1. The summed E-state index contributed by atoms with van der Waals surface area (Å²) in [5, 5.41) is 4.29. The molecule has 0 fully saturated rings. The Labute approximate surface area is 110 Å². The molecule has 2 heterocycles. The zero-order valence-electron chi connectivity index (χ0n) is 10.7. The van der Waals surface area contributed by atoms with Crippen molar-refractivity contribution in [2.75, 3.05) is 12.4 Å². The summed E-state index contributed by atoms with van der Waals surface area (Å²) in [6.45, 7) is 4.64. The van der Waals surface area contributed by atoms with Crippen LogP contribution in [-0.4, -0.2) is 22.1 Å². The molecule has 96 valence electrons. The second-order valence-electron chi connectivity index (χ2n) is 3.77. The third kappa shape index (κ3) is 3.16. The highest BCUT2D eigenvalue weighted by atomic mass is 32.1. The van der Waals surface area contributed by atoms with E-state index in [1.54, 1.807) is 24.5 Å². The molecule has 1 N–H and O–H groups in total. The fourth-order valence-corrected chi connectivity index (χ4v) is 2.30. The quantitative estimate of drug-likeness (QED) is 0.898. The van der Waals surface area contributed by atoms with Crippen LogP contribution < -0.4 is 10.1 Å². The fourth-order valence-electron chi connectivity index (χ4n) is 1.49. The third-order valence-electron chi connectivity index (χ3n) is 2.39. The van der Waals surface area contributed by atoms with Gasteiger partial charge in [0.2, 0.25) is 5.88 Å². The van der Waals surface area contributed by atoms with Gasteiger partial charge in [0.05, 0.1) is 13.7 Å². The first-order chi connectivity index (χ1) is 8.71. The number of aryl methyl sites for hydroxylation is 2. The standard InChI is InChI=1S/C12H16N4OS/c1-4-9-6-14-12(18-9)7-13-10-5-11(17-3)16-8(2)15-10/h5-6H,4,7H2,1-3H3,(H,13,15,16). The van der Waals surface area contributed by atoms with Crippen LogP contribution in [0.1, 0.15) is 22.6 Å². The van der Waals surface area contributed by atoms with E-state index in [0.717, 1.165) is 17.2 Å². The van der Waals surface area contributed by atoms with Gasteiger partial charge >= 0.3 is 0 Å². The van der Waals surface area contributed by atoms with Crippen molar-refractivity contribution in [3.63, 3.8) is 0 Å². The summed E-state index contributed by atoms with van der Waals surface area (Å²) in [6, 6.07) is 1.78. The van der Waals surface area contributed by atoms with E-state index < -0.39 is 0 Å². The number of anilines is 1. The minimum absolute atomic E-state index is 0.568. The minimum Gasteiger partial charge on any atom is -0.481 e. The van der Waals surface area contributed by atoms with Gasteiger partial charge in [0, 0.05) is 17.1 Å². The number of nitrogens with zero attached hydrogens (tertiary/aromatic N) is 3. The number of hydrogen-bond acceptors (Lipinski definition) is 6. The van der Waals surface area contributed by atoms with Crippen LogP contribution in [0.2, 0.25) is 0 Å². The van der Waals surface area contributed by atoms with Crippen LogP contribution in [0.4, 0.5) is 5.82 Å². The normalized spacial score (nSPS) is 10.4. The maximum Gasteiger partial charge on any atom is 0.218 e. The van der Waals surface area contributed by atoms with Crippen molar-refractivity contribution < 1.29 is 4.74 Å². The SMILES string of the molecule is CCc1cnc(CNc2cc(OC)nc(C)n2)s1. The fraction of sp³-hybridized carbons (Fsp3) is 0.417. The molecule has 2 aromatic heterocycles. The molecular weight excluding hydrogens is 248 g/mol. The zero-order chi connectivity index (χ0) is 13.0. The maximum atomic E-state index is 5.11. The highest BCUT2D eigenvalue weighted by Crippen LogP contribution is 2.16. The highest BCUT2D eigenvalue weighted by Gasteiger charge is 2.04. The molecule has 6 heteroatoms. The molecule has 0 aliphatic rings. The average Bonchev–Trinajstić information content (AvgIpc) is 2.83. The molecule has 0 bridgehead atoms. The topological polar surface area (TPSA) is 59.9 Å². The Morgan fingerprint density at radius 3 is 2.89 bits per heavy atom. The van der Waals surface area contributed by atoms with Crippen molar-refractivity contribution in [1.29, 1.82) is 0 Å². The molecule has 0 atom stereocenters. The van der Waals surface area contributed by atoms with Gasteiger partial charge in [-0.2, -0.15) is 4.98 Å². The third-order valence-corrected chi connectivity index (χ3v) is 3.54. The maximum absolute atomic E-state index is 5.11. The molecule has 0 aliphatic heterocycles. The molecule has 2 aromatic rings. The van der Waals surface area contributed by atoms with Crippen LogP contribution in [0.3, 0.4) is 0 Å². The first-order valence-electron chi connectivity index (χ1n) is 5.78. The molecular formula is C12H16N4OS. The van der Waals surface area contributed by atoms with E-state index in [1.807, 2.05) is 13.1 Å². The lowest BCUT2D eigenvalue weighted by molar-refractivity contribution is 0.396. The smallest absolute Gasteiger partial charge is 0.218 e. The number of methoxy groups -OCH3 is 1. The molecule has 0 saturated carbocycles. The van der Waals surface area contributed by atoms with E-state index in [2.05, 4.69) is 27.2 Å². The molecule has 0 amide bonds. The predicted molar refractivity (Wildman–Crippen MR) is 72.1 cm³/mol. The van der Waals surface area contributed by atoms with E-state index >= 15 is 0 Å². The van der Waals surface area contributed by atoms with Crippen molar-refractivity contribution in [1.82, 2.24) is 15.0 Å². The Morgan fingerprint density at radius 1 is 1.39 bits per heavy atom. The van der Waals surface area contributed by atoms with Gasteiger partial charge in [-0.05, 0) is 13.3 Å². The summed E-state index contributed by atoms with van der Waals surface area (Å²) < 4.78 is 5.11. The number of aromatic nitrogens is 3. The van der Waals surface area contributed by atoms with Gasteiger partial charge in [0.15, 0.2) is 0 Å². The summed E-state index contributed by atoms with van der Waals surface area (Å²) in [5.41, 5.74) is 0. The second kappa shape index (κ2) is 5.77. The van der Waals surface area contributed by atoms with E-state index in [-0.39, 0.29) is 0 Å². The van der Waals surface area contributed by atoms with Crippen LogP contribution in [0.5, 0.6) is 5.88 Å². The Balaban J connectivity index is 2.03. The molecule has 0 saturated heterocycles. The van der Waals surface area contributed by atoms with Gasteiger partial charge < -0.3 is 10.1 Å². The van der Waals surface area contributed by atoms with E-state index in [9.17, 15) is 0 Å². The second-order valence-corrected chi connectivity index (χ2v) is 4.97. The number of nitrogens with one attached hydrogen (secondary N) is 1. The van der Waals surface area contributed by atoms with E-state index in [0.29, 0.717) is 18.2 Å². The lowest BCUT2D eigenvalue weighted by Crippen LogP contribution is -2.03. The summed E-state index contributed by atoms with van der Waals surface area (Å²) in [7, 11) is 1.60. The molecule has 0 aromatic carbocycles. The van der Waals surface area contributed by atoms with Crippen LogP contribution in [0.25, 0.3) is 0 Å². The summed E-state index contributed by atoms with van der Waals surface area (Å²) in [6.07, 6.45) is 2.95. The Bertz CT molecular complexity index is 527. The molecule has 0 spiro atoms. The lowest BCUT2D eigenvalue weighted by atomic mass is 10.4. The van der Waals surface area contributed by atoms with E-state index in [4.69, 9.17) is 4.74 Å². The molecule has 0 aliphatic carbocycles. The van der Waals surface area contributed by atoms with Crippen molar-refractivity contribution in [3.8, 4) is 5.88 Å². The average molecular weight is 264 g/mol. The van der Waals surface area contributed by atoms with Crippen molar-refractivity contribution in [2.45, 2.75) is 26.8 Å². The first-order valence-corrected chi connectivity index (χ1v) is 6.60. The van der Waals surface area contributed by atoms with Crippen LogP contribution >= 0.6 is 11.3 Å². The summed E-state index contributed by atoms with van der Waals surface area (Å²) >= 11 is 1.72. The van der Waals surface area contributed by atoms with Crippen molar-refractivity contribution in [3.05, 3.63) is 28.0 Å². The molecule has 2 rings (SSSR count). The number of hydrogen-bond donors (Lipinski definition) is 1. The lowest BCUT2D eigenvalue weighted by Gasteiger charge is -2.06. The highest BCUT2D eigenvalue weighted by molar-refractivity contribution is 7.11. The molecule has 18 heavy (non-hydrogen) atoms. The Morgan fingerprint density at radius 2 is 2.22 bits per heavy atom. The Kier molecular flexibility index (Phi) is 4.09. The van der Waals surface area contributed by atoms with Crippen molar-refractivity contribution in [2.24, 2.45) is 0 Å².